The Labute approximate surface area is 174 Å². The first-order valence-electron chi connectivity index (χ1n) is 10.5. The number of hydrogen-bond acceptors (Lipinski definition) is 4. The zero-order valence-corrected chi connectivity index (χ0v) is 18.4. The van der Waals surface area contributed by atoms with Gasteiger partial charge < -0.3 is 9.64 Å². The molecule has 0 radical (unpaired) electrons. The smallest absolute Gasteiger partial charge is 0.227 e. The normalized spacial score (nSPS) is 15.2. The molecule has 1 aliphatic heterocycles. The molecule has 0 unspecified atom stereocenters. The van der Waals surface area contributed by atoms with Crippen LogP contribution in [0.25, 0.3) is 0 Å². The zero-order valence-electron chi connectivity index (χ0n) is 18.4. The highest BCUT2D eigenvalue weighted by Gasteiger charge is 2.23. The van der Waals surface area contributed by atoms with Crippen LogP contribution in [0.2, 0.25) is 0 Å². The minimum absolute atomic E-state index is 0.212. The molecule has 2 heterocycles. The van der Waals surface area contributed by atoms with Crippen molar-refractivity contribution in [2.75, 3.05) is 33.3 Å². The molecule has 1 aromatic heterocycles. The number of carbonyl (C=O) groups excluding carboxylic acids is 1. The van der Waals surface area contributed by atoms with Crippen LogP contribution >= 0.6 is 0 Å². The predicted octanol–water partition coefficient (Wildman–Crippen LogP) is 3.05. The van der Waals surface area contributed by atoms with Crippen LogP contribution in [0.3, 0.4) is 0 Å². The highest BCUT2D eigenvalue weighted by atomic mass is 16.5. The summed E-state index contributed by atoms with van der Waals surface area (Å²) in [5, 5.41) is 4.65. The Bertz CT molecular complexity index is 818. The van der Waals surface area contributed by atoms with Crippen molar-refractivity contribution in [1.82, 2.24) is 19.6 Å². The molecular formula is C23H34N4O2. The number of hydrogen-bond donors (Lipinski definition) is 0. The molecule has 2 aromatic rings. The third-order valence-electron chi connectivity index (χ3n) is 5.69. The molecule has 0 atom stereocenters. The minimum Gasteiger partial charge on any atom is -0.497 e. The topological polar surface area (TPSA) is 50.6 Å². The molecule has 0 saturated carbocycles. The average Bonchev–Trinajstić information content (AvgIpc) is 2.96. The van der Waals surface area contributed by atoms with E-state index in [1.165, 1.54) is 5.56 Å². The van der Waals surface area contributed by atoms with Gasteiger partial charge in [0.1, 0.15) is 5.75 Å². The number of rotatable bonds is 7. The molecular weight excluding hydrogens is 364 g/mol. The van der Waals surface area contributed by atoms with E-state index >= 15 is 0 Å². The number of methoxy groups -OCH3 is 1. The molecule has 1 aliphatic rings. The van der Waals surface area contributed by atoms with Crippen molar-refractivity contribution in [2.24, 2.45) is 5.92 Å². The minimum atomic E-state index is 0.212. The zero-order chi connectivity index (χ0) is 21.0. The second kappa shape index (κ2) is 9.44. The van der Waals surface area contributed by atoms with Crippen molar-refractivity contribution in [3.63, 3.8) is 0 Å². The molecule has 158 valence electrons. The van der Waals surface area contributed by atoms with Crippen molar-refractivity contribution < 1.29 is 9.53 Å². The summed E-state index contributed by atoms with van der Waals surface area (Å²) in [4.78, 5) is 17.3. The van der Waals surface area contributed by atoms with E-state index in [2.05, 4.69) is 47.6 Å². The first kappa shape index (κ1) is 21.4. The second-order valence-electron chi connectivity index (χ2n) is 8.41. The van der Waals surface area contributed by atoms with Crippen molar-refractivity contribution in [2.45, 2.75) is 47.2 Å². The Hall–Kier alpha value is -2.34. The van der Waals surface area contributed by atoms with Gasteiger partial charge in [-0.1, -0.05) is 26.0 Å². The van der Waals surface area contributed by atoms with E-state index in [0.717, 1.165) is 62.0 Å². The van der Waals surface area contributed by atoms with Gasteiger partial charge in [-0.3, -0.25) is 14.4 Å². The van der Waals surface area contributed by atoms with Crippen molar-refractivity contribution in [3.05, 3.63) is 46.8 Å². The number of piperazine rings is 1. The quantitative estimate of drug-likeness (QED) is 0.719. The number of aryl methyl sites for hydroxylation is 1. The van der Waals surface area contributed by atoms with E-state index in [9.17, 15) is 4.79 Å². The average molecular weight is 399 g/mol. The van der Waals surface area contributed by atoms with Gasteiger partial charge in [-0.05, 0) is 37.5 Å². The summed E-state index contributed by atoms with van der Waals surface area (Å²) in [6.07, 6.45) is 0.453. The number of amides is 1. The molecule has 0 spiro atoms. The molecule has 0 aliphatic carbocycles. The lowest BCUT2D eigenvalue weighted by Gasteiger charge is -2.35. The number of benzene rings is 1. The molecule has 29 heavy (non-hydrogen) atoms. The van der Waals surface area contributed by atoms with E-state index in [1.54, 1.807) is 7.11 Å². The first-order valence-corrected chi connectivity index (χ1v) is 10.5. The maximum atomic E-state index is 12.9. The molecule has 6 heteroatoms. The monoisotopic (exact) mass is 398 g/mol. The lowest BCUT2D eigenvalue weighted by Crippen LogP contribution is -2.48. The Kier molecular flexibility index (Phi) is 6.96. The Morgan fingerprint density at radius 2 is 1.76 bits per heavy atom. The number of aromatic nitrogens is 2. The SMILES string of the molecule is COc1ccc(CN2CCN(C(=O)Cc3c(C)nn(CC(C)C)c3C)CC2)cc1. The summed E-state index contributed by atoms with van der Waals surface area (Å²) in [5.41, 5.74) is 4.48. The van der Waals surface area contributed by atoms with Gasteiger partial charge in [0.15, 0.2) is 0 Å². The molecule has 1 amide bonds. The van der Waals surface area contributed by atoms with Gasteiger partial charge in [-0.2, -0.15) is 5.10 Å². The summed E-state index contributed by atoms with van der Waals surface area (Å²) < 4.78 is 7.27. The van der Waals surface area contributed by atoms with Crippen LogP contribution in [-0.4, -0.2) is 58.8 Å². The van der Waals surface area contributed by atoms with Gasteiger partial charge in [0.05, 0.1) is 19.2 Å². The van der Waals surface area contributed by atoms with E-state index in [0.29, 0.717) is 12.3 Å². The number of ether oxygens (including phenoxy) is 1. The molecule has 0 bridgehead atoms. The largest absolute Gasteiger partial charge is 0.497 e. The van der Waals surface area contributed by atoms with Crippen LogP contribution in [-0.2, 0) is 24.3 Å². The third-order valence-corrected chi connectivity index (χ3v) is 5.69. The molecule has 6 nitrogen and oxygen atoms in total. The standard InChI is InChI=1S/C23H34N4O2/c1-17(2)15-27-19(4)22(18(3)24-27)14-23(28)26-12-10-25(11-13-26)16-20-6-8-21(29-5)9-7-20/h6-9,17H,10-16H2,1-5H3. The summed E-state index contributed by atoms with van der Waals surface area (Å²) in [5.74, 6) is 1.63. The molecule has 3 rings (SSSR count). The van der Waals surface area contributed by atoms with Gasteiger partial charge in [-0.15, -0.1) is 0 Å². The molecule has 1 aromatic carbocycles. The van der Waals surface area contributed by atoms with E-state index in [1.807, 2.05) is 24.0 Å². The highest BCUT2D eigenvalue weighted by Crippen LogP contribution is 2.18. The van der Waals surface area contributed by atoms with Crippen LogP contribution in [0, 0.1) is 19.8 Å². The lowest BCUT2D eigenvalue weighted by atomic mass is 10.1. The van der Waals surface area contributed by atoms with Crippen LogP contribution in [0.4, 0.5) is 0 Å². The first-order chi connectivity index (χ1) is 13.9. The number of carbonyl (C=O) groups is 1. The van der Waals surface area contributed by atoms with Crippen LogP contribution in [0.1, 0.15) is 36.4 Å². The molecule has 0 N–H and O–H groups in total. The number of nitrogens with zero attached hydrogens (tertiary/aromatic N) is 4. The van der Waals surface area contributed by atoms with Gasteiger partial charge in [-0.25, -0.2) is 0 Å². The van der Waals surface area contributed by atoms with Crippen molar-refractivity contribution in [1.29, 1.82) is 0 Å². The van der Waals surface area contributed by atoms with E-state index in [4.69, 9.17) is 4.74 Å². The Morgan fingerprint density at radius 1 is 1.10 bits per heavy atom. The van der Waals surface area contributed by atoms with Gasteiger partial charge >= 0.3 is 0 Å². The fourth-order valence-electron chi connectivity index (χ4n) is 3.92. The van der Waals surface area contributed by atoms with Gasteiger partial charge in [0.2, 0.25) is 5.91 Å². The highest BCUT2D eigenvalue weighted by molar-refractivity contribution is 5.79. The van der Waals surface area contributed by atoms with Crippen LogP contribution < -0.4 is 4.74 Å². The fourth-order valence-corrected chi connectivity index (χ4v) is 3.92. The molecule has 1 fully saturated rings. The van der Waals surface area contributed by atoms with E-state index < -0.39 is 0 Å². The van der Waals surface area contributed by atoms with Crippen LogP contribution in [0.5, 0.6) is 5.75 Å². The maximum absolute atomic E-state index is 12.9. The third kappa shape index (κ3) is 5.38. The second-order valence-corrected chi connectivity index (χ2v) is 8.41. The van der Waals surface area contributed by atoms with Crippen molar-refractivity contribution >= 4 is 5.91 Å². The Balaban J connectivity index is 1.53. The fraction of sp³-hybridized carbons (Fsp3) is 0.565. The molecule has 1 saturated heterocycles. The van der Waals surface area contributed by atoms with Gasteiger partial charge in [0, 0.05) is 50.5 Å². The predicted molar refractivity (Wildman–Crippen MR) is 115 cm³/mol. The summed E-state index contributed by atoms with van der Waals surface area (Å²) in [6.45, 7) is 13.7. The Morgan fingerprint density at radius 3 is 2.34 bits per heavy atom. The van der Waals surface area contributed by atoms with Crippen molar-refractivity contribution in [3.8, 4) is 5.75 Å². The maximum Gasteiger partial charge on any atom is 0.227 e. The van der Waals surface area contributed by atoms with Gasteiger partial charge in [0.25, 0.3) is 0 Å². The summed E-state index contributed by atoms with van der Waals surface area (Å²) in [6, 6.07) is 8.21. The lowest BCUT2D eigenvalue weighted by molar-refractivity contribution is -0.132. The summed E-state index contributed by atoms with van der Waals surface area (Å²) >= 11 is 0. The summed E-state index contributed by atoms with van der Waals surface area (Å²) in [7, 11) is 1.68. The van der Waals surface area contributed by atoms with E-state index in [-0.39, 0.29) is 5.91 Å². The van der Waals surface area contributed by atoms with Crippen LogP contribution in [0.15, 0.2) is 24.3 Å².